The van der Waals surface area contributed by atoms with Crippen LogP contribution in [0.15, 0.2) is 46.2 Å². The summed E-state index contributed by atoms with van der Waals surface area (Å²) in [5.41, 5.74) is 0. The summed E-state index contributed by atoms with van der Waals surface area (Å²) >= 11 is 0. The molecule has 0 heterocycles. The zero-order valence-corrected chi connectivity index (χ0v) is 12.9. The van der Waals surface area contributed by atoms with Crippen LogP contribution < -0.4 is 0 Å². The standard InChI is InChI=1S/C10H8O6S2.2ClH/c11-17(12,13)9-3-1-7-2-4-10(18(14,15)16)6-8(7)5-9;;/h1-6H,(H,11,12,13)(H,14,15,16);2*1H. The van der Waals surface area contributed by atoms with E-state index in [9.17, 15) is 16.8 Å². The summed E-state index contributed by atoms with van der Waals surface area (Å²) in [5.74, 6) is 0. The molecule has 0 atom stereocenters. The van der Waals surface area contributed by atoms with Gasteiger partial charge in [-0.3, -0.25) is 9.11 Å². The van der Waals surface area contributed by atoms with Crippen molar-refractivity contribution in [1.29, 1.82) is 0 Å². The van der Waals surface area contributed by atoms with Gasteiger partial charge >= 0.3 is 0 Å². The third-order valence-electron chi connectivity index (χ3n) is 2.38. The van der Waals surface area contributed by atoms with E-state index < -0.39 is 20.2 Å². The van der Waals surface area contributed by atoms with E-state index in [1.807, 2.05) is 0 Å². The average molecular weight is 361 g/mol. The first-order valence-electron chi connectivity index (χ1n) is 4.67. The maximum Gasteiger partial charge on any atom is 0.294 e. The number of hydrogen-bond donors (Lipinski definition) is 2. The molecule has 0 saturated heterocycles. The van der Waals surface area contributed by atoms with Crippen molar-refractivity contribution in [3.05, 3.63) is 36.4 Å². The normalized spacial score (nSPS) is 11.5. The smallest absolute Gasteiger partial charge is 0.282 e. The molecule has 0 amide bonds. The van der Waals surface area contributed by atoms with E-state index in [4.69, 9.17) is 9.11 Å². The highest BCUT2D eigenvalue weighted by Gasteiger charge is 2.13. The number of rotatable bonds is 2. The van der Waals surface area contributed by atoms with Gasteiger partial charge in [0, 0.05) is 0 Å². The van der Waals surface area contributed by atoms with E-state index in [2.05, 4.69) is 0 Å². The molecule has 0 aliphatic heterocycles. The summed E-state index contributed by atoms with van der Waals surface area (Å²) in [6, 6.07) is 7.49. The van der Waals surface area contributed by atoms with Gasteiger partial charge in [0.25, 0.3) is 20.2 Å². The van der Waals surface area contributed by atoms with Gasteiger partial charge < -0.3 is 0 Å². The first-order valence-corrected chi connectivity index (χ1v) is 7.55. The molecule has 0 radical (unpaired) electrons. The maximum atomic E-state index is 10.9. The van der Waals surface area contributed by atoms with Gasteiger partial charge in [-0.25, -0.2) is 0 Å². The summed E-state index contributed by atoms with van der Waals surface area (Å²) in [6.07, 6.45) is 0. The molecule has 2 aromatic rings. The molecule has 0 bridgehead atoms. The minimum absolute atomic E-state index is 0. The van der Waals surface area contributed by atoms with Crippen LogP contribution in [0.4, 0.5) is 0 Å². The molecule has 112 valence electrons. The quantitative estimate of drug-likeness (QED) is 0.794. The van der Waals surface area contributed by atoms with Crippen LogP contribution in [-0.2, 0) is 20.2 Å². The zero-order valence-electron chi connectivity index (χ0n) is 9.62. The second-order valence-electron chi connectivity index (χ2n) is 3.62. The first kappa shape index (κ1) is 19.1. The Morgan fingerprint density at radius 1 is 0.650 bits per heavy atom. The maximum absolute atomic E-state index is 10.9. The summed E-state index contributed by atoms with van der Waals surface area (Å²) in [4.78, 5) is -0.690. The molecule has 0 fully saturated rings. The van der Waals surface area contributed by atoms with Crippen LogP contribution in [0.2, 0.25) is 0 Å². The lowest BCUT2D eigenvalue weighted by atomic mass is 10.1. The molecule has 0 spiro atoms. The van der Waals surface area contributed by atoms with Crippen molar-refractivity contribution in [2.24, 2.45) is 0 Å². The van der Waals surface area contributed by atoms with Crippen molar-refractivity contribution < 1.29 is 25.9 Å². The Labute approximate surface area is 128 Å². The Morgan fingerprint density at radius 3 is 1.30 bits per heavy atom. The molecule has 0 aliphatic carbocycles. The number of fused-ring (bicyclic) bond motifs is 1. The van der Waals surface area contributed by atoms with Gasteiger partial charge in [0.15, 0.2) is 0 Å². The first-order chi connectivity index (χ1) is 8.18. The zero-order chi connectivity index (χ0) is 13.6. The van der Waals surface area contributed by atoms with Gasteiger partial charge in [0.05, 0.1) is 9.79 Å². The van der Waals surface area contributed by atoms with Crippen molar-refractivity contribution in [2.45, 2.75) is 9.79 Å². The lowest BCUT2D eigenvalue weighted by Gasteiger charge is -2.03. The van der Waals surface area contributed by atoms with Gasteiger partial charge in [0.1, 0.15) is 0 Å². The molecule has 0 saturated carbocycles. The second kappa shape index (κ2) is 6.25. The molecule has 2 aromatic carbocycles. The van der Waals surface area contributed by atoms with Crippen LogP contribution in [0.3, 0.4) is 0 Å². The SMILES string of the molecule is Cl.Cl.O=S(=O)(O)c1ccc2ccc(S(=O)(=O)O)cc2c1. The topological polar surface area (TPSA) is 109 Å². The molecular weight excluding hydrogens is 351 g/mol. The van der Waals surface area contributed by atoms with Crippen molar-refractivity contribution in [3.63, 3.8) is 0 Å². The van der Waals surface area contributed by atoms with Crippen LogP contribution >= 0.6 is 24.8 Å². The largest absolute Gasteiger partial charge is 0.294 e. The van der Waals surface area contributed by atoms with E-state index >= 15 is 0 Å². The predicted octanol–water partition coefficient (Wildman–Crippen LogP) is 2.18. The van der Waals surface area contributed by atoms with Crippen molar-refractivity contribution >= 4 is 55.8 Å². The van der Waals surface area contributed by atoms with Crippen molar-refractivity contribution in [1.82, 2.24) is 0 Å². The Morgan fingerprint density at radius 2 is 1.00 bits per heavy atom. The summed E-state index contributed by atoms with van der Waals surface area (Å²) < 4.78 is 61.5. The Hall–Kier alpha value is -0.900. The van der Waals surface area contributed by atoms with E-state index in [0.717, 1.165) is 12.1 Å². The lowest BCUT2D eigenvalue weighted by Crippen LogP contribution is -1.99. The predicted molar refractivity (Wildman–Crippen MR) is 78.1 cm³/mol. The van der Waals surface area contributed by atoms with Crippen LogP contribution in [0.25, 0.3) is 10.8 Å². The monoisotopic (exact) mass is 360 g/mol. The van der Waals surface area contributed by atoms with Crippen LogP contribution in [0, 0.1) is 0 Å². The fourth-order valence-electron chi connectivity index (χ4n) is 1.52. The average Bonchev–Trinajstić information content (AvgIpc) is 2.25. The molecular formula is C10H10Cl2O6S2. The van der Waals surface area contributed by atoms with Gasteiger partial charge in [-0.2, -0.15) is 16.8 Å². The van der Waals surface area contributed by atoms with E-state index in [-0.39, 0.29) is 40.0 Å². The van der Waals surface area contributed by atoms with E-state index in [1.54, 1.807) is 0 Å². The Balaban J connectivity index is 0.00000180. The fraction of sp³-hybridized carbons (Fsp3) is 0. The van der Waals surface area contributed by atoms with E-state index in [0.29, 0.717) is 5.39 Å². The van der Waals surface area contributed by atoms with Crippen molar-refractivity contribution in [2.75, 3.05) is 0 Å². The Bertz CT molecular complexity index is 763. The molecule has 10 heteroatoms. The molecule has 2 rings (SSSR count). The minimum atomic E-state index is -4.35. The summed E-state index contributed by atoms with van der Waals surface area (Å²) in [5, 5.41) is 0.857. The van der Waals surface area contributed by atoms with E-state index in [1.165, 1.54) is 24.3 Å². The molecule has 6 nitrogen and oxygen atoms in total. The van der Waals surface area contributed by atoms with Gasteiger partial charge in [-0.05, 0) is 35.0 Å². The number of hydrogen-bond acceptors (Lipinski definition) is 4. The van der Waals surface area contributed by atoms with Gasteiger partial charge in [-0.1, -0.05) is 12.1 Å². The van der Waals surface area contributed by atoms with Gasteiger partial charge in [0.2, 0.25) is 0 Å². The third kappa shape index (κ3) is 4.05. The van der Waals surface area contributed by atoms with Crippen LogP contribution in [-0.4, -0.2) is 25.9 Å². The highest BCUT2D eigenvalue weighted by atomic mass is 35.5. The highest BCUT2D eigenvalue weighted by Crippen LogP contribution is 2.22. The molecule has 0 unspecified atom stereocenters. The molecule has 20 heavy (non-hydrogen) atoms. The fourth-order valence-corrected chi connectivity index (χ4v) is 2.56. The van der Waals surface area contributed by atoms with Crippen molar-refractivity contribution in [3.8, 4) is 0 Å². The third-order valence-corrected chi connectivity index (χ3v) is 4.08. The molecule has 0 aromatic heterocycles. The van der Waals surface area contributed by atoms with Crippen LogP contribution in [0.1, 0.15) is 0 Å². The van der Waals surface area contributed by atoms with Gasteiger partial charge in [-0.15, -0.1) is 24.8 Å². The van der Waals surface area contributed by atoms with Crippen LogP contribution in [0.5, 0.6) is 0 Å². The number of halogens is 2. The molecule has 2 N–H and O–H groups in total. The lowest BCUT2D eigenvalue weighted by molar-refractivity contribution is 0.481. The second-order valence-corrected chi connectivity index (χ2v) is 6.46. The summed E-state index contributed by atoms with van der Waals surface area (Å²) in [6.45, 7) is 0. The minimum Gasteiger partial charge on any atom is -0.282 e. The highest BCUT2D eigenvalue weighted by molar-refractivity contribution is 7.86. The summed E-state index contributed by atoms with van der Waals surface area (Å²) in [7, 11) is -8.71. The Kier molecular flexibility index (Phi) is 5.97. The molecule has 0 aliphatic rings. The number of benzene rings is 2.